The zero-order chi connectivity index (χ0) is 20.2. The minimum absolute atomic E-state index is 0. The van der Waals surface area contributed by atoms with Gasteiger partial charge in [0.15, 0.2) is 0 Å². The summed E-state index contributed by atoms with van der Waals surface area (Å²) in [6, 6.07) is 17.5. The molecule has 170 valence electrons. The maximum Gasteiger partial charge on any atom is 0.0341 e. The lowest BCUT2D eigenvalue weighted by Gasteiger charge is -2.18. The molecule has 0 bridgehead atoms. The first-order valence-electron chi connectivity index (χ1n) is 10.8. The van der Waals surface area contributed by atoms with Crippen LogP contribution in [-0.4, -0.2) is 62.2 Å². The van der Waals surface area contributed by atoms with Crippen molar-refractivity contribution in [2.45, 2.75) is 27.7 Å². The standard InChI is InChI=1S/C24H38N4.2ClH/c1-5-27(6-2)19-17-25-23-13-9-21(10-14-23)22-11-15-24(16-12-22)26-18-20-28(7-3)8-4;;/h9-16,25-26H,5-8,17-20H2,1-4H3;2*1H. The number of nitrogens with zero attached hydrogens (tertiary/aromatic N) is 2. The van der Waals surface area contributed by atoms with Gasteiger partial charge in [-0.1, -0.05) is 52.0 Å². The molecule has 0 aromatic heterocycles. The summed E-state index contributed by atoms with van der Waals surface area (Å²) >= 11 is 0. The van der Waals surface area contributed by atoms with E-state index in [1.165, 1.54) is 22.5 Å². The molecule has 6 heteroatoms. The lowest BCUT2D eigenvalue weighted by atomic mass is 10.0. The van der Waals surface area contributed by atoms with E-state index in [0.29, 0.717) is 0 Å². The predicted octanol–water partition coefficient (Wildman–Crippen LogP) is 5.70. The Balaban J connectivity index is 0.00000420. The maximum atomic E-state index is 3.52. The first-order chi connectivity index (χ1) is 13.7. The molecule has 0 saturated heterocycles. The Morgan fingerprint density at radius 2 is 0.833 bits per heavy atom. The second-order valence-electron chi connectivity index (χ2n) is 7.06. The summed E-state index contributed by atoms with van der Waals surface area (Å²) in [6.07, 6.45) is 0. The van der Waals surface area contributed by atoms with Gasteiger partial charge in [0, 0.05) is 37.6 Å². The Labute approximate surface area is 196 Å². The highest BCUT2D eigenvalue weighted by atomic mass is 35.5. The average Bonchev–Trinajstić information content (AvgIpc) is 2.75. The molecule has 0 fully saturated rings. The fraction of sp³-hybridized carbons (Fsp3) is 0.500. The van der Waals surface area contributed by atoms with Crippen LogP contribution in [0.2, 0.25) is 0 Å². The monoisotopic (exact) mass is 454 g/mol. The molecule has 0 heterocycles. The quantitative estimate of drug-likeness (QED) is 0.405. The summed E-state index contributed by atoms with van der Waals surface area (Å²) in [5, 5.41) is 7.04. The van der Waals surface area contributed by atoms with Gasteiger partial charge in [-0.15, -0.1) is 24.8 Å². The molecule has 2 N–H and O–H groups in total. The molecule has 0 saturated carbocycles. The van der Waals surface area contributed by atoms with Crippen LogP contribution in [0.4, 0.5) is 11.4 Å². The van der Waals surface area contributed by atoms with Crippen molar-refractivity contribution in [2.75, 3.05) is 63.0 Å². The molecular weight excluding hydrogens is 415 g/mol. The van der Waals surface area contributed by atoms with Crippen LogP contribution in [0.25, 0.3) is 11.1 Å². The third-order valence-corrected chi connectivity index (χ3v) is 5.41. The van der Waals surface area contributed by atoms with E-state index in [2.05, 4.69) is 96.7 Å². The molecule has 0 spiro atoms. The molecular formula is C24H40Cl2N4. The van der Waals surface area contributed by atoms with Gasteiger partial charge in [-0.05, 0) is 61.6 Å². The van der Waals surface area contributed by atoms with Crippen molar-refractivity contribution in [3.63, 3.8) is 0 Å². The summed E-state index contributed by atoms with van der Waals surface area (Å²) in [4.78, 5) is 4.86. The summed E-state index contributed by atoms with van der Waals surface area (Å²) < 4.78 is 0. The molecule has 0 aliphatic carbocycles. The van der Waals surface area contributed by atoms with Gasteiger partial charge < -0.3 is 20.4 Å². The van der Waals surface area contributed by atoms with Crippen molar-refractivity contribution in [1.29, 1.82) is 0 Å². The average molecular weight is 456 g/mol. The van der Waals surface area contributed by atoms with E-state index in [1.807, 2.05) is 0 Å². The van der Waals surface area contributed by atoms with Crippen molar-refractivity contribution < 1.29 is 0 Å². The third-order valence-electron chi connectivity index (χ3n) is 5.41. The van der Waals surface area contributed by atoms with Gasteiger partial charge in [-0.25, -0.2) is 0 Å². The molecule has 4 nitrogen and oxygen atoms in total. The number of hydrogen-bond donors (Lipinski definition) is 2. The van der Waals surface area contributed by atoms with Gasteiger partial charge in [-0.2, -0.15) is 0 Å². The normalized spacial score (nSPS) is 10.5. The van der Waals surface area contributed by atoms with Gasteiger partial charge in [0.25, 0.3) is 0 Å². The van der Waals surface area contributed by atoms with Crippen LogP contribution >= 0.6 is 24.8 Å². The van der Waals surface area contributed by atoms with Crippen LogP contribution in [0.5, 0.6) is 0 Å². The highest BCUT2D eigenvalue weighted by Crippen LogP contribution is 2.23. The highest BCUT2D eigenvalue weighted by molar-refractivity contribution is 5.85. The van der Waals surface area contributed by atoms with Gasteiger partial charge in [-0.3, -0.25) is 0 Å². The second kappa shape index (κ2) is 16.3. The zero-order valence-electron chi connectivity index (χ0n) is 19.0. The smallest absolute Gasteiger partial charge is 0.0341 e. The number of halogens is 2. The molecule has 0 aliphatic rings. The number of anilines is 2. The summed E-state index contributed by atoms with van der Waals surface area (Å²) in [5.74, 6) is 0. The lowest BCUT2D eigenvalue weighted by Crippen LogP contribution is -2.28. The Kier molecular flexibility index (Phi) is 15.5. The van der Waals surface area contributed by atoms with Crippen LogP contribution in [0, 0.1) is 0 Å². The van der Waals surface area contributed by atoms with E-state index in [4.69, 9.17) is 0 Å². The second-order valence-corrected chi connectivity index (χ2v) is 7.06. The minimum Gasteiger partial charge on any atom is -0.384 e. The summed E-state index contributed by atoms with van der Waals surface area (Å²) in [7, 11) is 0. The van der Waals surface area contributed by atoms with Crippen LogP contribution < -0.4 is 10.6 Å². The SMILES string of the molecule is CCN(CC)CCNc1ccc(-c2ccc(NCCN(CC)CC)cc2)cc1.Cl.Cl. The van der Waals surface area contributed by atoms with E-state index in [1.54, 1.807) is 0 Å². The first-order valence-corrected chi connectivity index (χ1v) is 10.8. The number of rotatable bonds is 13. The molecule has 2 aromatic rings. The Morgan fingerprint density at radius 1 is 0.533 bits per heavy atom. The third kappa shape index (κ3) is 9.57. The molecule has 0 aliphatic heterocycles. The van der Waals surface area contributed by atoms with Crippen LogP contribution in [0.3, 0.4) is 0 Å². The van der Waals surface area contributed by atoms with E-state index in [-0.39, 0.29) is 24.8 Å². The fourth-order valence-electron chi connectivity index (χ4n) is 3.36. The summed E-state index contributed by atoms with van der Waals surface area (Å²) in [5.41, 5.74) is 4.88. The van der Waals surface area contributed by atoms with Crippen molar-refractivity contribution >= 4 is 36.2 Å². The fourth-order valence-corrected chi connectivity index (χ4v) is 3.36. The number of likely N-dealkylation sites (N-methyl/N-ethyl adjacent to an activating group) is 2. The lowest BCUT2D eigenvalue weighted by molar-refractivity contribution is 0.316. The molecule has 2 rings (SSSR count). The van der Waals surface area contributed by atoms with E-state index >= 15 is 0 Å². The van der Waals surface area contributed by atoms with Crippen molar-refractivity contribution in [3.05, 3.63) is 48.5 Å². The Bertz CT molecular complexity index is 594. The molecule has 0 radical (unpaired) electrons. The number of nitrogens with one attached hydrogen (secondary N) is 2. The van der Waals surface area contributed by atoms with E-state index in [0.717, 1.165) is 52.4 Å². The van der Waals surface area contributed by atoms with E-state index in [9.17, 15) is 0 Å². The largest absolute Gasteiger partial charge is 0.384 e. The topological polar surface area (TPSA) is 30.5 Å². The van der Waals surface area contributed by atoms with Crippen LogP contribution in [-0.2, 0) is 0 Å². The van der Waals surface area contributed by atoms with Crippen molar-refractivity contribution in [3.8, 4) is 11.1 Å². The van der Waals surface area contributed by atoms with E-state index < -0.39 is 0 Å². The molecule has 30 heavy (non-hydrogen) atoms. The Hall–Kier alpha value is -1.46. The molecule has 0 unspecified atom stereocenters. The zero-order valence-corrected chi connectivity index (χ0v) is 20.6. The minimum atomic E-state index is 0. The van der Waals surface area contributed by atoms with Gasteiger partial charge >= 0.3 is 0 Å². The van der Waals surface area contributed by atoms with Gasteiger partial charge in [0.05, 0.1) is 0 Å². The maximum absolute atomic E-state index is 3.52. The van der Waals surface area contributed by atoms with Gasteiger partial charge in [0.2, 0.25) is 0 Å². The molecule has 0 atom stereocenters. The Morgan fingerprint density at radius 3 is 1.10 bits per heavy atom. The predicted molar refractivity (Wildman–Crippen MR) is 139 cm³/mol. The van der Waals surface area contributed by atoms with Crippen LogP contribution in [0.15, 0.2) is 48.5 Å². The molecule has 0 amide bonds. The van der Waals surface area contributed by atoms with Gasteiger partial charge in [0.1, 0.15) is 0 Å². The molecule has 2 aromatic carbocycles. The number of hydrogen-bond acceptors (Lipinski definition) is 4. The van der Waals surface area contributed by atoms with Crippen molar-refractivity contribution in [1.82, 2.24) is 9.80 Å². The van der Waals surface area contributed by atoms with Crippen molar-refractivity contribution in [2.24, 2.45) is 0 Å². The number of benzene rings is 2. The first kappa shape index (κ1) is 28.5. The highest BCUT2D eigenvalue weighted by Gasteiger charge is 2.02. The summed E-state index contributed by atoms with van der Waals surface area (Å²) in [6.45, 7) is 17.4. The van der Waals surface area contributed by atoms with Crippen LogP contribution in [0.1, 0.15) is 27.7 Å².